The molecule has 1 fully saturated rings. The highest BCUT2D eigenvalue weighted by Gasteiger charge is 2.20. The second-order valence-electron chi connectivity index (χ2n) is 5.00. The van der Waals surface area contributed by atoms with Crippen molar-refractivity contribution in [1.82, 2.24) is 5.43 Å². The number of rotatable bonds is 4. The number of carboxylic acids is 1. The number of carbonyl (C=O) groups is 2. The lowest BCUT2D eigenvalue weighted by atomic mass is 9.89. The summed E-state index contributed by atoms with van der Waals surface area (Å²) in [7, 11) is 0. The molecule has 0 radical (unpaired) electrons. The molecule has 0 aliphatic heterocycles. The van der Waals surface area contributed by atoms with Crippen molar-refractivity contribution < 1.29 is 14.7 Å². The van der Waals surface area contributed by atoms with Crippen LogP contribution in [0, 0.1) is 5.92 Å². The van der Waals surface area contributed by atoms with Crippen LogP contribution in [-0.4, -0.2) is 23.2 Å². The molecule has 0 atom stereocenters. The molecule has 5 heteroatoms. The fourth-order valence-corrected chi connectivity index (χ4v) is 2.34. The summed E-state index contributed by atoms with van der Waals surface area (Å²) in [6.07, 6.45) is 6.83. The van der Waals surface area contributed by atoms with Gasteiger partial charge in [0.1, 0.15) is 0 Å². The van der Waals surface area contributed by atoms with Crippen LogP contribution in [0.2, 0.25) is 0 Å². The van der Waals surface area contributed by atoms with Crippen LogP contribution in [0.3, 0.4) is 0 Å². The molecular weight excluding hydrogens is 256 g/mol. The molecule has 20 heavy (non-hydrogen) atoms. The Morgan fingerprint density at radius 1 is 1.15 bits per heavy atom. The van der Waals surface area contributed by atoms with E-state index in [0.717, 1.165) is 31.2 Å². The third kappa shape index (κ3) is 3.91. The first-order valence-corrected chi connectivity index (χ1v) is 6.83. The summed E-state index contributed by atoms with van der Waals surface area (Å²) in [5.41, 5.74) is 3.53. The van der Waals surface area contributed by atoms with Crippen molar-refractivity contribution in [3.05, 3.63) is 35.4 Å². The van der Waals surface area contributed by atoms with E-state index in [2.05, 4.69) is 10.5 Å². The van der Waals surface area contributed by atoms with Crippen molar-refractivity contribution in [3.8, 4) is 0 Å². The fraction of sp³-hybridized carbons (Fsp3) is 0.400. The summed E-state index contributed by atoms with van der Waals surface area (Å²) in [4.78, 5) is 22.5. The fourth-order valence-electron chi connectivity index (χ4n) is 2.34. The molecule has 0 aromatic heterocycles. The maximum Gasteiger partial charge on any atom is 0.335 e. The molecule has 0 spiro atoms. The number of amides is 1. The van der Waals surface area contributed by atoms with Crippen LogP contribution >= 0.6 is 0 Å². The zero-order chi connectivity index (χ0) is 14.4. The average Bonchev–Trinajstić information content (AvgIpc) is 2.48. The van der Waals surface area contributed by atoms with E-state index in [1.807, 2.05) is 0 Å². The summed E-state index contributed by atoms with van der Waals surface area (Å²) in [5, 5.41) is 12.7. The molecule has 2 N–H and O–H groups in total. The lowest BCUT2D eigenvalue weighted by Gasteiger charge is -2.19. The van der Waals surface area contributed by atoms with Crippen LogP contribution in [0.4, 0.5) is 0 Å². The standard InChI is InChI=1S/C15H18N2O3/c18-14(12-4-2-1-3-5-12)17-16-10-11-6-8-13(9-7-11)15(19)20/h6-10,12H,1-5H2,(H,17,18)(H,19,20)/b16-10-. The third-order valence-corrected chi connectivity index (χ3v) is 3.52. The van der Waals surface area contributed by atoms with Gasteiger partial charge in [-0.1, -0.05) is 31.4 Å². The lowest BCUT2D eigenvalue weighted by Crippen LogP contribution is -2.28. The molecular formula is C15H18N2O3. The quantitative estimate of drug-likeness (QED) is 0.653. The van der Waals surface area contributed by atoms with Crippen molar-refractivity contribution in [2.75, 3.05) is 0 Å². The van der Waals surface area contributed by atoms with E-state index in [1.54, 1.807) is 12.1 Å². The Balaban J connectivity index is 1.86. The van der Waals surface area contributed by atoms with E-state index in [9.17, 15) is 9.59 Å². The van der Waals surface area contributed by atoms with E-state index in [0.29, 0.717) is 0 Å². The highest BCUT2D eigenvalue weighted by molar-refractivity contribution is 5.89. The van der Waals surface area contributed by atoms with Crippen LogP contribution in [0.15, 0.2) is 29.4 Å². The Labute approximate surface area is 117 Å². The normalized spacial score (nSPS) is 16.2. The van der Waals surface area contributed by atoms with Gasteiger partial charge in [0.15, 0.2) is 0 Å². The largest absolute Gasteiger partial charge is 0.478 e. The monoisotopic (exact) mass is 274 g/mol. The Bertz CT molecular complexity index is 502. The number of nitrogens with zero attached hydrogens (tertiary/aromatic N) is 1. The molecule has 0 heterocycles. The minimum Gasteiger partial charge on any atom is -0.478 e. The highest BCUT2D eigenvalue weighted by atomic mass is 16.4. The molecule has 106 valence electrons. The number of aromatic carboxylic acids is 1. The summed E-state index contributed by atoms with van der Waals surface area (Å²) >= 11 is 0. The molecule has 0 unspecified atom stereocenters. The second-order valence-corrected chi connectivity index (χ2v) is 5.00. The first-order valence-electron chi connectivity index (χ1n) is 6.83. The Morgan fingerprint density at radius 3 is 2.40 bits per heavy atom. The number of nitrogens with one attached hydrogen (secondary N) is 1. The summed E-state index contributed by atoms with van der Waals surface area (Å²) < 4.78 is 0. The van der Waals surface area contributed by atoms with Gasteiger partial charge < -0.3 is 5.11 Å². The van der Waals surface area contributed by atoms with Gasteiger partial charge in [0.25, 0.3) is 0 Å². The van der Waals surface area contributed by atoms with Gasteiger partial charge in [-0.2, -0.15) is 5.10 Å². The van der Waals surface area contributed by atoms with Gasteiger partial charge in [-0.15, -0.1) is 0 Å². The molecule has 1 amide bonds. The Hall–Kier alpha value is -2.17. The minimum atomic E-state index is -0.959. The van der Waals surface area contributed by atoms with E-state index in [-0.39, 0.29) is 17.4 Å². The van der Waals surface area contributed by atoms with E-state index >= 15 is 0 Å². The van der Waals surface area contributed by atoms with E-state index in [4.69, 9.17) is 5.11 Å². The van der Waals surface area contributed by atoms with Gasteiger partial charge in [-0.3, -0.25) is 4.79 Å². The first-order chi connectivity index (χ1) is 9.66. The third-order valence-electron chi connectivity index (χ3n) is 3.52. The van der Waals surface area contributed by atoms with Gasteiger partial charge >= 0.3 is 5.97 Å². The summed E-state index contributed by atoms with van der Waals surface area (Å²) in [5.74, 6) is -0.905. The number of hydrogen-bond acceptors (Lipinski definition) is 3. The number of hydrogen-bond donors (Lipinski definition) is 2. The molecule has 1 saturated carbocycles. The number of benzene rings is 1. The summed E-state index contributed by atoms with van der Waals surface area (Å²) in [6.45, 7) is 0. The predicted octanol–water partition coefficient (Wildman–Crippen LogP) is 2.42. The molecule has 1 aromatic carbocycles. The van der Waals surface area contributed by atoms with Gasteiger partial charge in [0.2, 0.25) is 5.91 Å². The van der Waals surface area contributed by atoms with Crippen LogP contribution < -0.4 is 5.43 Å². The number of carbonyl (C=O) groups excluding carboxylic acids is 1. The molecule has 1 aliphatic rings. The zero-order valence-corrected chi connectivity index (χ0v) is 11.2. The average molecular weight is 274 g/mol. The lowest BCUT2D eigenvalue weighted by molar-refractivity contribution is -0.125. The van der Waals surface area contributed by atoms with Crippen molar-refractivity contribution in [1.29, 1.82) is 0 Å². The van der Waals surface area contributed by atoms with Crippen molar-refractivity contribution in [2.45, 2.75) is 32.1 Å². The SMILES string of the molecule is O=C(O)c1ccc(/C=N\NC(=O)C2CCCCC2)cc1. The molecule has 1 aliphatic carbocycles. The van der Waals surface area contributed by atoms with Gasteiger partial charge in [-0.05, 0) is 30.5 Å². The number of carboxylic acid groups (broad SMARTS) is 1. The topological polar surface area (TPSA) is 78.8 Å². The van der Waals surface area contributed by atoms with Crippen molar-refractivity contribution >= 4 is 18.1 Å². The second kappa shape index (κ2) is 6.84. The number of hydrazone groups is 1. The predicted molar refractivity (Wildman–Crippen MR) is 75.7 cm³/mol. The van der Waals surface area contributed by atoms with Crippen LogP contribution in [-0.2, 0) is 4.79 Å². The smallest absolute Gasteiger partial charge is 0.335 e. The molecule has 0 bridgehead atoms. The summed E-state index contributed by atoms with van der Waals surface area (Å²) in [6, 6.07) is 6.32. The molecule has 5 nitrogen and oxygen atoms in total. The van der Waals surface area contributed by atoms with Crippen molar-refractivity contribution in [3.63, 3.8) is 0 Å². The van der Waals surface area contributed by atoms with Crippen LogP contribution in [0.25, 0.3) is 0 Å². The van der Waals surface area contributed by atoms with E-state index < -0.39 is 5.97 Å². The van der Waals surface area contributed by atoms with Crippen molar-refractivity contribution in [2.24, 2.45) is 11.0 Å². The van der Waals surface area contributed by atoms with Gasteiger partial charge in [0.05, 0.1) is 11.8 Å². The first kappa shape index (κ1) is 14.2. The molecule has 2 rings (SSSR count). The van der Waals surface area contributed by atoms with Gasteiger partial charge in [-0.25, -0.2) is 10.2 Å². The van der Waals surface area contributed by atoms with Gasteiger partial charge in [0, 0.05) is 5.92 Å². The molecule has 0 saturated heterocycles. The Kier molecular flexibility index (Phi) is 4.87. The van der Waals surface area contributed by atoms with Crippen LogP contribution in [0.1, 0.15) is 48.0 Å². The maximum absolute atomic E-state index is 11.8. The molecule has 1 aromatic rings. The van der Waals surface area contributed by atoms with Crippen LogP contribution in [0.5, 0.6) is 0 Å². The Morgan fingerprint density at radius 2 is 1.80 bits per heavy atom. The minimum absolute atomic E-state index is 0.0249. The highest BCUT2D eigenvalue weighted by Crippen LogP contribution is 2.23. The maximum atomic E-state index is 11.8. The van der Waals surface area contributed by atoms with E-state index in [1.165, 1.54) is 24.8 Å². The zero-order valence-electron chi connectivity index (χ0n) is 11.2.